The number of aryl methyl sites for hydroxylation is 1. The molecule has 0 atom stereocenters. The third kappa shape index (κ3) is 3.56. The number of benzene rings is 1. The first-order valence-electron chi connectivity index (χ1n) is 5.71. The highest BCUT2D eigenvalue weighted by molar-refractivity contribution is 5.28. The highest BCUT2D eigenvalue weighted by atomic mass is 16.5. The molecule has 0 bridgehead atoms. The van der Waals surface area contributed by atoms with E-state index >= 15 is 0 Å². The van der Waals surface area contributed by atoms with Crippen molar-refractivity contribution in [3.63, 3.8) is 0 Å². The van der Waals surface area contributed by atoms with Gasteiger partial charge in [-0.3, -0.25) is 0 Å². The minimum absolute atomic E-state index is 0.257. The molecule has 1 saturated carbocycles. The third-order valence-electron chi connectivity index (χ3n) is 2.70. The van der Waals surface area contributed by atoms with Crippen molar-refractivity contribution in [2.45, 2.75) is 25.7 Å². The zero-order valence-electron chi connectivity index (χ0n) is 8.98. The van der Waals surface area contributed by atoms with Crippen LogP contribution in [0, 0.1) is 5.92 Å². The molecule has 15 heavy (non-hydrogen) atoms. The molecule has 82 valence electrons. The van der Waals surface area contributed by atoms with E-state index in [0.29, 0.717) is 0 Å². The Bertz CT molecular complexity index is 305. The van der Waals surface area contributed by atoms with Crippen LogP contribution in [-0.2, 0) is 6.42 Å². The molecule has 1 aliphatic rings. The standard InChI is InChI=1S/C13H18O2/c14-8-2-4-11-3-1-5-13(9-11)15-10-12-6-7-12/h1,3,5,9,12,14H,2,4,6-8,10H2. The molecular formula is C13H18O2. The van der Waals surface area contributed by atoms with Crippen molar-refractivity contribution >= 4 is 0 Å². The van der Waals surface area contributed by atoms with E-state index in [-0.39, 0.29) is 6.61 Å². The lowest BCUT2D eigenvalue weighted by Crippen LogP contribution is -1.99. The van der Waals surface area contributed by atoms with Crippen molar-refractivity contribution in [2.75, 3.05) is 13.2 Å². The third-order valence-corrected chi connectivity index (χ3v) is 2.70. The summed E-state index contributed by atoms with van der Waals surface area (Å²) < 4.78 is 5.69. The molecule has 0 heterocycles. The maximum atomic E-state index is 8.75. The normalized spacial score (nSPS) is 15.3. The lowest BCUT2D eigenvalue weighted by molar-refractivity contribution is 0.287. The first-order chi connectivity index (χ1) is 7.38. The smallest absolute Gasteiger partial charge is 0.119 e. The Morgan fingerprint density at radius 2 is 2.20 bits per heavy atom. The molecule has 0 aliphatic heterocycles. The van der Waals surface area contributed by atoms with E-state index in [2.05, 4.69) is 12.1 Å². The van der Waals surface area contributed by atoms with E-state index < -0.39 is 0 Å². The van der Waals surface area contributed by atoms with Gasteiger partial charge in [-0.05, 0) is 49.3 Å². The SMILES string of the molecule is OCCCc1cccc(OCC2CC2)c1. The second kappa shape index (κ2) is 5.17. The van der Waals surface area contributed by atoms with Crippen LogP contribution in [0.4, 0.5) is 0 Å². The zero-order chi connectivity index (χ0) is 10.5. The topological polar surface area (TPSA) is 29.5 Å². The fourth-order valence-electron chi connectivity index (χ4n) is 1.57. The fourth-order valence-corrected chi connectivity index (χ4v) is 1.57. The Kier molecular flexibility index (Phi) is 3.62. The van der Waals surface area contributed by atoms with Crippen molar-refractivity contribution in [3.8, 4) is 5.75 Å². The highest BCUT2D eigenvalue weighted by Gasteiger charge is 2.21. The molecule has 0 radical (unpaired) electrons. The summed E-state index contributed by atoms with van der Waals surface area (Å²) in [5, 5.41) is 8.75. The summed E-state index contributed by atoms with van der Waals surface area (Å²) >= 11 is 0. The second-order valence-electron chi connectivity index (χ2n) is 4.23. The predicted octanol–water partition coefficient (Wildman–Crippen LogP) is 2.40. The van der Waals surface area contributed by atoms with Crippen molar-refractivity contribution in [1.29, 1.82) is 0 Å². The lowest BCUT2D eigenvalue weighted by Gasteiger charge is -2.06. The summed E-state index contributed by atoms with van der Waals surface area (Å²) in [7, 11) is 0. The van der Waals surface area contributed by atoms with Crippen LogP contribution in [0.1, 0.15) is 24.8 Å². The maximum absolute atomic E-state index is 8.75. The molecule has 1 aliphatic carbocycles. The molecule has 2 rings (SSSR count). The Balaban J connectivity index is 1.85. The number of hydrogen-bond donors (Lipinski definition) is 1. The van der Waals surface area contributed by atoms with Crippen LogP contribution < -0.4 is 4.74 Å². The largest absolute Gasteiger partial charge is 0.493 e. The van der Waals surface area contributed by atoms with E-state index in [9.17, 15) is 0 Å². The average molecular weight is 206 g/mol. The predicted molar refractivity (Wildman–Crippen MR) is 60.1 cm³/mol. The number of hydrogen-bond acceptors (Lipinski definition) is 2. The first-order valence-corrected chi connectivity index (χ1v) is 5.71. The van der Waals surface area contributed by atoms with Gasteiger partial charge in [-0.2, -0.15) is 0 Å². The van der Waals surface area contributed by atoms with E-state index in [4.69, 9.17) is 9.84 Å². The number of aliphatic hydroxyl groups is 1. The molecule has 0 aromatic heterocycles. The second-order valence-corrected chi connectivity index (χ2v) is 4.23. The maximum Gasteiger partial charge on any atom is 0.119 e. The Hall–Kier alpha value is -1.02. The molecule has 2 nitrogen and oxygen atoms in total. The van der Waals surface area contributed by atoms with Gasteiger partial charge >= 0.3 is 0 Å². The van der Waals surface area contributed by atoms with E-state index in [1.807, 2.05) is 12.1 Å². The van der Waals surface area contributed by atoms with Gasteiger partial charge in [0.1, 0.15) is 5.75 Å². The Morgan fingerprint density at radius 3 is 2.93 bits per heavy atom. The first kappa shape index (κ1) is 10.5. The fraction of sp³-hybridized carbons (Fsp3) is 0.538. The van der Waals surface area contributed by atoms with E-state index in [1.54, 1.807) is 0 Å². The minimum atomic E-state index is 0.257. The van der Waals surface area contributed by atoms with Gasteiger partial charge in [-0.25, -0.2) is 0 Å². The van der Waals surface area contributed by atoms with Gasteiger partial charge in [0.15, 0.2) is 0 Å². The van der Waals surface area contributed by atoms with Gasteiger partial charge in [-0.15, -0.1) is 0 Å². The van der Waals surface area contributed by atoms with E-state index in [1.165, 1.54) is 18.4 Å². The quantitative estimate of drug-likeness (QED) is 0.774. The Morgan fingerprint density at radius 1 is 1.33 bits per heavy atom. The van der Waals surface area contributed by atoms with Gasteiger partial charge in [0.25, 0.3) is 0 Å². The molecule has 1 fully saturated rings. The summed E-state index contributed by atoms with van der Waals surface area (Å²) in [5.41, 5.74) is 1.25. The van der Waals surface area contributed by atoms with Gasteiger partial charge in [0, 0.05) is 6.61 Å². The zero-order valence-corrected chi connectivity index (χ0v) is 8.98. The molecule has 1 N–H and O–H groups in total. The van der Waals surface area contributed by atoms with Crippen molar-refractivity contribution in [2.24, 2.45) is 5.92 Å². The molecule has 0 amide bonds. The van der Waals surface area contributed by atoms with Crippen LogP contribution >= 0.6 is 0 Å². The average Bonchev–Trinajstić information content (AvgIpc) is 3.08. The monoisotopic (exact) mass is 206 g/mol. The molecule has 0 unspecified atom stereocenters. The van der Waals surface area contributed by atoms with Crippen LogP contribution in [0.3, 0.4) is 0 Å². The highest BCUT2D eigenvalue weighted by Crippen LogP contribution is 2.29. The summed E-state index contributed by atoms with van der Waals surface area (Å²) in [6, 6.07) is 8.19. The van der Waals surface area contributed by atoms with Crippen LogP contribution in [0.2, 0.25) is 0 Å². The van der Waals surface area contributed by atoms with Gasteiger partial charge in [0.2, 0.25) is 0 Å². The molecule has 0 saturated heterocycles. The van der Waals surface area contributed by atoms with Crippen LogP contribution in [-0.4, -0.2) is 18.3 Å². The van der Waals surface area contributed by atoms with Gasteiger partial charge in [0.05, 0.1) is 6.61 Å². The van der Waals surface area contributed by atoms with Crippen LogP contribution in [0.15, 0.2) is 24.3 Å². The molecule has 1 aromatic rings. The minimum Gasteiger partial charge on any atom is -0.493 e. The molecular weight excluding hydrogens is 188 g/mol. The lowest BCUT2D eigenvalue weighted by atomic mass is 10.1. The Labute approximate surface area is 90.9 Å². The van der Waals surface area contributed by atoms with Crippen molar-refractivity contribution in [1.82, 2.24) is 0 Å². The summed E-state index contributed by atoms with van der Waals surface area (Å²) in [5.74, 6) is 1.77. The number of rotatable bonds is 6. The molecule has 2 heteroatoms. The molecule has 1 aromatic carbocycles. The number of aliphatic hydroxyl groups excluding tert-OH is 1. The molecule has 0 spiro atoms. The van der Waals surface area contributed by atoms with Crippen LogP contribution in [0.5, 0.6) is 5.75 Å². The van der Waals surface area contributed by atoms with Gasteiger partial charge in [-0.1, -0.05) is 12.1 Å². The summed E-state index contributed by atoms with van der Waals surface area (Å²) in [6.07, 6.45) is 4.40. The summed E-state index contributed by atoms with van der Waals surface area (Å²) in [6.45, 7) is 1.12. The van der Waals surface area contributed by atoms with Crippen LogP contribution in [0.25, 0.3) is 0 Å². The van der Waals surface area contributed by atoms with E-state index in [0.717, 1.165) is 31.1 Å². The van der Waals surface area contributed by atoms with Crippen molar-refractivity contribution in [3.05, 3.63) is 29.8 Å². The van der Waals surface area contributed by atoms with Crippen molar-refractivity contribution < 1.29 is 9.84 Å². The summed E-state index contributed by atoms with van der Waals surface area (Å²) in [4.78, 5) is 0. The van der Waals surface area contributed by atoms with Gasteiger partial charge < -0.3 is 9.84 Å². The number of ether oxygens (including phenoxy) is 1.